The largest absolute Gasteiger partial charge is 0.462 e. The first-order valence-corrected chi connectivity index (χ1v) is 4.80. The summed E-state index contributed by atoms with van der Waals surface area (Å²) in [5.74, 6) is -1.13. The van der Waals surface area contributed by atoms with Crippen LogP contribution in [0, 0.1) is 0 Å². The molecule has 18 heavy (non-hydrogen) atoms. The number of rotatable bonds is 3. The second-order valence-corrected chi connectivity index (χ2v) is 3.15. The first-order valence-electron chi connectivity index (χ1n) is 4.80. The highest BCUT2D eigenvalue weighted by atomic mass is 19.4. The Labute approximate surface area is 98.6 Å². The highest BCUT2D eigenvalue weighted by Crippen LogP contribution is 2.30. The van der Waals surface area contributed by atoms with Crippen molar-refractivity contribution in [3.8, 4) is 0 Å². The molecule has 100 valence electrons. The van der Waals surface area contributed by atoms with Crippen LogP contribution in [0.3, 0.4) is 0 Å². The topological polar surface area (TPSA) is 39.2 Å². The second-order valence-electron chi connectivity index (χ2n) is 3.15. The van der Waals surface area contributed by atoms with Crippen LogP contribution in [-0.2, 0) is 10.9 Å². The zero-order chi connectivity index (χ0) is 13.9. The number of esters is 1. The molecule has 0 aliphatic rings. The molecule has 0 bridgehead atoms. The molecule has 8 heteroatoms. The Morgan fingerprint density at radius 2 is 2.00 bits per heavy atom. The molecule has 0 saturated carbocycles. The van der Waals surface area contributed by atoms with Crippen molar-refractivity contribution < 1.29 is 31.5 Å². The average molecular weight is 269 g/mol. The Morgan fingerprint density at radius 1 is 1.39 bits per heavy atom. The zero-order valence-corrected chi connectivity index (χ0v) is 9.09. The number of carbonyl (C=O) groups is 1. The van der Waals surface area contributed by atoms with Crippen LogP contribution in [0.1, 0.15) is 35.1 Å². The molecule has 0 saturated heterocycles. The van der Waals surface area contributed by atoms with Gasteiger partial charge in [0.25, 0.3) is 6.43 Å². The minimum atomic E-state index is -4.85. The average Bonchev–Trinajstić information content (AvgIpc) is 2.27. The maximum atomic E-state index is 12.6. The number of halogens is 5. The van der Waals surface area contributed by atoms with Crippen LogP contribution in [0.25, 0.3) is 0 Å². The minimum absolute atomic E-state index is 0.0808. The fourth-order valence-electron chi connectivity index (χ4n) is 1.18. The lowest BCUT2D eigenvalue weighted by Gasteiger charge is -2.11. The predicted molar refractivity (Wildman–Crippen MR) is 50.2 cm³/mol. The summed E-state index contributed by atoms with van der Waals surface area (Å²) >= 11 is 0. The summed E-state index contributed by atoms with van der Waals surface area (Å²) in [5, 5.41) is 0. The molecular formula is C10H8F5NO2. The Hall–Kier alpha value is -1.73. The molecule has 0 aliphatic carbocycles. The molecule has 0 N–H and O–H groups in total. The Bertz CT molecular complexity index is 444. The van der Waals surface area contributed by atoms with Crippen molar-refractivity contribution in [2.75, 3.05) is 6.61 Å². The monoisotopic (exact) mass is 269 g/mol. The van der Waals surface area contributed by atoms with Gasteiger partial charge in [0.1, 0.15) is 11.4 Å². The molecule has 1 aromatic rings. The van der Waals surface area contributed by atoms with Crippen molar-refractivity contribution in [2.24, 2.45) is 0 Å². The third kappa shape index (κ3) is 3.14. The quantitative estimate of drug-likeness (QED) is 0.624. The van der Waals surface area contributed by atoms with Crippen molar-refractivity contribution >= 4 is 5.97 Å². The van der Waals surface area contributed by atoms with E-state index in [2.05, 4.69) is 9.72 Å². The third-order valence-corrected chi connectivity index (χ3v) is 1.92. The van der Waals surface area contributed by atoms with E-state index in [1.165, 1.54) is 6.92 Å². The van der Waals surface area contributed by atoms with Crippen molar-refractivity contribution in [2.45, 2.75) is 19.5 Å². The van der Waals surface area contributed by atoms with E-state index in [4.69, 9.17) is 0 Å². The highest BCUT2D eigenvalue weighted by molar-refractivity contribution is 5.90. The predicted octanol–water partition coefficient (Wildman–Crippen LogP) is 3.21. The van der Waals surface area contributed by atoms with Crippen LogP contribution in [0.4, 0.5) is 22.0 Å². The summed E-state index contributed by atoms with van der Waals surface area (Å²) in [7, 11) is 0. The van der Waals surface area contributed by atoms with Gasteiger partial charge in [-0.3, -0.25) is 0 Å². The molecule has 1 rings (SSSR count). The number of ether oxygens (including phenoxy) is 1. The lowest BCUT2D eigenvalue weighted by Crippen LogP contribution is -2.15. The molecule has 1 aromatic heterocycles. The van der Waals surface area contributed by atoms with Crippen LogP contribution in [-0.4, -0.2) is 17.6 Å². The second kappa shape index (κ2) is 5.28. The number of carbonyl (C=O) groups excluding carboxylic acids is 1. The van der Waals surface area contributed by atoms with Gasteiger partial charge in [0.15, 0.2) is 0 Å². The van der Waals surface area contributed by atoms with Gasteiger partial charge in [-0.2, -0.15) is 13.2 Å². The van der Waals surface area contributed by atoms with Crippen molar-refractivity contribution in [3.63, 3.8) is 0 Å². The van der Waals surface area contributed by atoms with Gasteiger partial charge in [0, 0.05) is 0 Å². The molecule has 0 radical (unpaired) electrons. The van der Waals surface area contributed by atoms with Crippen LogP contribution < -0.4 is 0 Å². The van der Waals surface area contributed by atoms with Gasteiger partial charge < -0.3 is 4.74 Å². The van der Waals surface area contributed by atoms with E-state index >= 15 is 0 Å². The summed E-state index contributed by atoms with van der Waals surface area (Å²) < 4.78 is 66.4. The number of aromatic nitrogens is 1. The van der Waals surface area contributed by atoms with E-state index in [-0.39, 0.29) is 6.61 Å². The lowest BCUT2D eigenvalue weighted by atomic mass is 10.1. The van der Waals surface area contributed by atoms with Crippen LogP contribution in [0.5, 0.6) is 0 Å². The number of alkyl halides is 5. The lowest BCUT2D eigenvalue weighted by molar-refractivity contribution is -0.141. The smallest absolute Gasteiger partial charge is 0.433 e. The molecule has 0 aromatic carbocycles. The van der Waals surface area contributed by atoms with Gasteiger partial charge in [0.05, 0.1) is 12.2 Å². The molecule has 0 amide bonds. The summed E-state index contributed by atoms with van der Waals surface area (Å²) in [4.78, 5) is 14.0. The third-order valence-electron chi connectivity index (χ3n) is 1.92. The van der Waals surface area contributed by atoms with E-state index < -0.39 is 35.5 Å². The first-order chi connectivity index (χ1) is 8.27. The Morgan fingerprint density at radius 3 is 2.44 bits per heavy atom. The van der Waals surface area contributed by atoms with Gasteiger partial charge >= 0.3 is 12.1 Å². The van der Waals surface area contributed by atoms with E-state index in [0.717, 1.165) is 0 Å². The molecule has 3 nitrogen and oxygen atoms in total. The van der Waals surface area contributed by atoms with Gasteiger partial charge in [-0.25, -0.2) is 18.6 Å². The van der Waals surface area contributed by atoms with Crippen molar-refractivity contribution in [1.29, 1.82) is 0 Å². The maximum Gasteiger partial charge on any atom is 0.433 e. The normalized spacial score (nSPS) is 11.7. The maximum absolute atomic E-state index is 12.6. The first kappa shape index (κ1) is 14.3. The number of nitrogens with zero attached hydrogens (tertiary/aromatic N) is 1. The van der Waals surface area contributed by atoms with Crippen molar-refractivity contribution in [3.05, 3.63) is 29.1 Å². The van der Waals surface area contributed by atoms with E-state index in [1.807, 2.05) is 0 Å². The number of hydrogen-bond donors (Lipinski definition) is 0. The molecule has 1 heterocycles. The highest BCUT2D eigenvalue weighted by Gasteiger charge is 2.34. The Kier molecular flexibility index (Phi) is 4.20. The van der Waals surface area contributed by atoms with Crippen LogP contribution in [0.15, 0.2) is 12.1 Å². The molecular weight excluding hydrogens is 261 g/mol. The number of pyridine rings is 1. The minimum Gasteiger partial charge on any atom is -0.462 e. The fourth-order valence-corrected chi connectivity index (χ4v) is 1.18. The molecule has 0 spiro atoms. The standard InChI is InChI=1S/C10H8F5NO2/c1-2-18-9(17)5-3-4-6(10(13,14)15)16-7(5)8(11)12/h3-4,8H,2H2,1H3. The van der Waals surface area contributed by atoms with Gasteiger partial charge in [-0.1, -0.05) is 0 Å². The molecule has 0 aliphatic heterocycles. The summed E-state index contributed by atoms with van der Waals surface area (Å²) in [6.45, 7) is 1.36. The van der Waals surface area contributed by atoms with Gasteiger partial charge in [-0.05, 0) is 19.1 Å². The summed E-state index contributed by atoms with van der Waals surface area (Å²) in [5.41, 5.74) is -3.38. The van der Waals surface area contributed by atoms with Gasteiger partial charge in [0.2, 0.25) is 0 Å². The Balaban J connectivity index is 3.25. The SMILES string of the molecule is CCOC(=O)c1ccc(C(F)(F)F)nc1C(F)F. The van der Waals surface area contributed by atoms with Crippen LogP contribution >= 0.6 is 0 Å². The van der Waals surface area contributed by atoms with E-state index in [9.17, 15) is 26.7 Å². The van der Waals surface area contributed by atoms with Gasteiger partial charge in [-0.15, -0.1) is 0 Å². The van der Waals surface area contributed by atoms with Crippen molar-refractivity contribution in [1.82, 2.24) is 4.98 Å². The number of hydrogen-bond acceptors (Lipinski definition) is 3. The molecule has 0 unspecified atom stereocenters. The fraction of sp³-hybridized carbons (Fsp3) is 0.400. The summed E-state index contributed by atoms with van der Waals surface area (Å²) in [6, 6.07) is 1.09. The van der Waals surface area contributed by atoms with E-state index in [0.29, 0.717) is 12.1 Å². The molecule has 0 fully saturated rings. The zero-order valence-electron chi connectivity index (χ0n) is 9.09. The van der Waals surface area contributed by atoms with E-state index in [1.54, 1.807) is 0 Å². The summed E-state index contributed by atoms with van der Waals surface area (Å²) in [6.07, 6.45) is -8.15. The molecule has 0 atom stereocenters. The van der Waals surface area contributed by atoms with Crippen LogP contribution in [0.2, 0.25) is 0 Å².